The van der Waals surface area contributed by atoms with Crippen LogP contribution in [0.4, 0.5) is 5.69 Å². The molecule has 2 fully saturated rings. The van der Waals surface area contributed by atoms with Crippen molar-refractivity contribution in [1.29, 1.82) is 0 Å². The Labute approximate surface area is 260 Å². The van der Waals surface area contributed by atoms with Gasteiger partial charge in [0.05, 0.1) is 24.2 Å². The lowest BCUT2D eigenvalue weighted by Crippen LogP contribution is -2.47. The summed E-state index contributed by atoms with van der Waals surface area (Å²) in [4.78, 5) is 41.4. The van der Waals surface area contributed by atoms with E-state index in [2.05, 4.69) is 60.7 Å². The summed E-state index contributed by atoms with van der Waals surface area (Å²) in [5, 5.41) is 0.720. The first-order valence-electron chi connectivity index (χ1n) is 15.4. The van der Waals surface area contributed by atoms with Crippen molar-refractivity contribution in [3.05, 3.63) is 94.3 Å². The highest BCUT2D eigenvalue weighted by molar-refractivity contribution is 5.83. The molecule has 4 heterocycles. The number of nitrogens with zero attached hydrogens (tertiary/aromatic N) is 6. The predicted octanol–water partition coefficient (Wildman–Crippen LogP) is 4.83. The molecule has 1 aromatic carbocycles. The number of anilines is 1. The van der Waals surface area contributed by atoms with Crippen LogP contribution in [0, 0.1) is 12.8 Å². The van der Waals surface area contributed by atoms with Crippen molar-refractivity contribution in [2.45, 2.75) is 51.7 Å². The quantitative estimate of drug-likeness (QED) is 0.188. The summed E-state index contributed by atoms with van der Waals surface area (Å²) in [5.41, 5.74) is 5.96. The standard InChI is InChI=1S/C35H44N6O3/c1-6-29(20-36-3)40-15-7-8-31(24-40)41(21-26-11-14-37-25(2)18-26)23-28-22-38(4)33-19-30(9-10-32(33)34(28)42)39-16-12-27(13-17-39)35(43)44-5/h6,9-11,14,18-20,22,27,31H,1,3,7-8,12-13,15-17,21,23-24H2,2,4-5H3/b29-20+/t31-/m0/s1. The zero-order valence-electron chi connectivity index (χ0n) is 26.2. The van der Waals surface area contributed by atoms with E-state index in [0.717, 1.165) is 92.0 Å². The number of hydrogen-bond donors (Lipinski definition) is 0. The Morgan fingerprint density at radius 3 is 2.66 bits per heavy atom. The third-order valence-electron chi connectivity index (χ3n) is 9.07. The van der Waals surface area contributed by atoms with Crippen LogP contribution in [0.3, 0.4) is 0 Å². The van der Waals surface area contributed by atoms with E-state index >= 15 is 0 Å². The van der Waals surface area contributed by atoms with Crippen molar-refractivity contribution in [3.8, 4) is 0 Å². The summed E-state index contributed by atoms with van der Waals surface area (Å²) in [6.07, 6.45) is 11.1. The van der Waals surface area contributed by atoms with Crippen molar-refractivity contribution in [2.24, 2.45) is 18.0 Å². The van der Waals surface area contributed by atoms with Crippen LogP contribution in [-0.4, -0.2) is 71.4 Å². The molecule has 0 bridgehead atoms. The molecule has 1 atom stereocenters. The fraction of sp³-hybridized carbons (Fsp3) is 0.429. The molecule has 0 aliphatic carbocycles. The van der Waals surface area contributed by atoms with Gasteiger partial charge < -0.3 is 19.1 Å². The van der Waals surface area contributed by atoms with Gasteiger partial charge in [0, 0.05) is 93.3 Å². The van der Waals surface area contributed by atoms with Gasteiger partial charge in [-0.15, -0.1) is 0 Å². The van der Waals surface area contributed by atoms with Gasteiger partial charge in [0.1, 0.15) is 0 Å². The van der Waals surface area contributed by atoms with Crippen LogP contribution in [0.15, 0.2) is 77.1 Å². The van der Waals surface area contributed by atoms with Crippen LogP contribution < -0.4 is 10.3 Å². The monoisotopic (exact) mass is 596 g/mol. The second kappa shape index (κ2) is 14.0. The molecule has 2 aromatic heterocycles. The van der Waals surface area contributed by atoms with Gasteiger partial charge in [-0.05, 0) is 81.3 Å². The number of aromatic nitrogens is 2. The molecule has 0 unspecified atom stereocenters. The van der Waals surface area contributed by atoms with E-state index in [1.165, 1.54) is 12.7 Å². The third-order valence-corrected chi connectivity index (χ3v) is 9.07. The van der Waals surface area contributed by atoms with Gasteiger partial charge in [-0.25, -0.2) is 0 Å². The number of likely N-dealkylation sites (tertiary alicyclic amines) is 1. The molecular weight excluding hydrogens is 552 g/mol. The second-order valence-electron chi connectivity index (χ2n) is 12.0. The normalized spacial score (nSPS) is 18.1. The number of methoxy groups -OCH3 is 1. The number of esters is 1. The van der Waals surface area contributed by atoms with Gasteiger partial charge in [-0.1, -0.05) is 6.58 Å². The summed E-state index contributed by atoms with van der Waals surface area (Å²) >= 11 is 0. The Kier molecular flexibility index (Phi) is 9.95. The van der Waals surface area contributed by atoms with Crippen molar-refractivity contribution < 1.29 is 9.53 Å². The van der Waals surface area contributed by atoms with Crippen molar-refractivity contribution in [3.63, 3.8) is 0 Å². The molecule has 0 saturated carbocycles. The summed E-state index contributed by atoms with van der Waals surface area (Å²) in [5.74, 6) is -0.171. The summed E-state index contributed by atoms with van der Waals surface area (Å²) in [6.45, 7) is 14.2. The molecule has 2 aliphatic heterocycles. The Morgan fingerprint density at radius 2 is 1.95 bits per heavy atom. The van der Waals surface area contributed by atoms with Gasteiger partial charge in [0.2, 0.25) is 0 Å². The summed E-state index contributed by atoms with van der Waals surface area (Å²) in [6, 6.07) is 10.5. The van der Waals surface area contributed by atoms with E-state index < -0.39 is 0 Å². The van der Waals surface area contributed by atoms with Crippen molar-refractivity contribution >= 4 is 29.3 Å². The molecule has 2 saturated heterocycles. The number of benzene rings is 1. The van der Waals surface area contributed by atoms with Crippen LogP contribution in [0.1, 0.15) is 42.5 Å². The SMILES string of the molecule is C=C/C(=C\N=C)N1CCC[C@H](N(Cc2ccnc(C)c2)Cc2cn(C)c3cc(N4CCC(C(=O)OC)CC4)ccc3c2=O)C1. The summed E-state index contributed by atoms with van der Waals surface area (Å²) in [7, 11) is 3.47. The number of pyridine rings is 2. The first-order chi connectivity index (χ1) is 21.3. The Morgan fingerprint density at radius 1 is 1.16 bits per heavy atom. The number of aryl methyl sites for hydroxylation is 2. The lowest BCUT2D eigenvalue weighted by atomic mass is 9.96. The minimum Gasteiger partial charge on any atom is -0.469 e. The van der Waals surface area contributed by atoms with Crippen molar-refractivity contribution in [2.75, 3.05) is 38.2 Å². The molecule has 232 valence electrons. The van der Waals surface area contributed by atoms with E-state index in [0.29, 0.717) is 6.54 Å². The van der Waals surface area contributed by atoms with Crippen LogP contribution in [0.2, 0.25) is 0 Å². The van der Waals surface area contributed by atoms with Crippen LogP contribution in [0.5, 0.6) is 0 Å². The fourth-order valence-corrected chi connectivity index (χ4v) is 6.70. The van der Waals surface area contributed by atoms with Crippen LogP contribution in [-0.2, 0) is 29.7 Å². The first-order valence-corrected chi connectivity index (χ1v) is 15.4. The van der Waals surface area contributed by atoms with Crippen LogP contribution in [0.25, 0.3) is 10.9 Å². The average Bonchev–Trinajstić information content (AvgIpc) is 3.05. The van der Waals surface area contributed by atoms with E-state index in [-0.39, 0.29) is 23.4 Å². The van der Waals surface area contributed by atoms with Gasteiger partial charge in [-0.2, -0.15) is 0 Å². The molecule has 5 rings (SSSR count). The Bertz CT molecular complexity index is 1600. The predicted molar refractivity (Wildman–Crippen MR) is 177 cm³/mol. The maximum absolute atomic E-state index is 14.0. The molecule has 0 radical (unpaired) electrons. The van der Waals surface area contributed by atoms with E-state index in [1.807, 2.05) is 44.6 Å². The highest BCUT2D eigenvalue weighted by Crippen LogP contribution is 2.28. The maximum atomic E-state index is 14.0. The van der Waals surface area contributed by atoms with E-state index in [9.17, 15) is 9.59 Å². The van der Waals surface area contributed by atoms with Gasteiger partial charge >= 0.3 is 5.97 Å². The zero-order valence-corrected chi connectivity index (χ0v) is 26.2. The topological polar surface area (TPSA) is 83.3 Å². The molecule has 9 nitrogen and oxygen atoms in total. The lowest BCUT2D eigenvalue weighted by molar-refractivity contribution is -0.146. The highest BCUT2D eigenvalue weighted by atomic mass is 16.5. The number of piperidine rings is 2. The van der Waals surface area contributed by atoms with Crippen molar-refractivity contribution in [1.82, 2.24) is 19.4 Å². The number of aliphatic imine (C=N–C) groups is 1. The first kappa shape index (κ1) is 31.2. The molecular formula is C35H44N6O3. The van der Waals surface area contributed by atoms with Gasteiger partial charge in [0.15, 0.2) is 5.43 Å². The molecule has 0 N–H and O–H groups in total. The number of rotatable bonds is 10. The second-order valence-corrected chi connectivity index (χ2v) is 12.0. The number of hydrogen-bond acceptors (Lipinski definition) is 8. The molecule has 44 heavy (non-hydrogen) atoms. The minimum absolute atomic E-state index is 0.0445. The molecule has 9 heteroatoms. The Balaban J connectivity index is 1.42. The molecule has 0 amide bonds. The smallest absolute Gasteiger partial charge is 0.308 e. The zero-order chi connectivity index (χ0) is 31.2. The third kappa shape index (κ3) is 6.94. The number of carbonyl (C=O) groups excluding carboxylic acids is 1. The maximum Gasteiger partial charge on any atom is 0.308 e. The minimum atomic E-state index is -0.126. The highest BCUT2D eigenvalue weighted by Gasteiger charge is 2.28. The molecule has 2 aliphatic rings. The largest absolute Gasteiger partial charge is 0.469 e. The van der Waals surface area contributed by atoms with E-state index in [4.69, 9.17) is 4.74 Å². The number of fused-ring (bicyclic) bond motifs is 1. The lowest BCUT2D eigenvalue weighted by Gasteiger charge is -2.40. The van der Waals surface area contributed by atoms with Crippen LogP contribution >= 0.6 is 0 Å². The fourth-order valence-electron chi connectivity index (χ4n) is 6.70. The Hall–Kier alpha value is -4.24. The van der Waals surface area contributed by atoms with E-state index in [1.54, 1.807) is 6.20 Å². The molecule has 3 aromatic rings. The number of allylic oxidation sites excluding steroid dienone is 1. The van der Waals surface area contributed by atoms with Gasteiger partial charge in [-0.3, -0.25) is 24.5 Å². The summed E-state index contributed by atoms with van der Waals surface area (Å²) < 4.78 is 7.02. The number of carbonyl (C=O) groups is 1. The average molecular weight is 597 g/mol. The van der Waals surface area contributed by atoms with Gasteiger partial charge in [0.25, 0.3) is 0 Å². The molecule has 0 spiro atoms. The number of ether oxygens (including phenoxy) is 1.